The van der Waals surface area contributed by atoms with Crippen molar-refractivity contribution in [2.45, 2.75) is 19.9 Å². The Bertz CT molecular complexity index is 713. The molecule has 0 spiro atoms. The van der Waals surface area contributed by atoms with E-state index in [0.717, 1.165) is 11.0 Å². The maximum atomic E-state index is 11.8. The van der Waals surface area contributed by atoms with Gasteiger partial charge in [-0.3, -0.25) is 9.78 Å². The Morgan fingerprint density at radius 3 is 2.70 bits per heavy atom. The normalized spacial score (nSPS) is 11.4. The van der Waals surface area contributed by atoms with Crippen LogP contribution in [-0.2, 0) is 4.79 Å². The van der Waals surface area contributed by atoms with Gasteiger partial charge in [-0.15, -0.1) is 0 Å². The molecule has 0 radical (unpaired) electrons. The molecule has 0 unspecified atom stereocenters. The number of hydrogen-bond donors (Lipinski definition) is 1. The van der Waals surface area contributed by atoms with Crippen LogP contribution in [0.15, 0.2) is 36.0 Å². The number of para-hydroxylation sites is 2. The number of hydrogen-bond acceptors (Lipinski definition) is 4. The first-order chi connectivity index (χ1) is 9.60. The zero-order chi connectivity index (χ0) is 14.5. The van der Waals surface area contributed by atoms with Crippen molar-refractivity contribution in [3.63, 3.8) is 0 Å². The van der Waals surface area contributed by atoms with Crippen LogP contribution < -0.4 is 5.32 Å². The summed E-state index contributed by atoms with van der Waals surface area (Å²) in [7, 11) is 0. The van der Waals surface area contributed by atoms with Crippen molar-refractivity contribution in [2.75, 3.05) is 0 Å². The van der Waals surface area contributed by atoms with Gasteiger partial charge in [0.25, 0.3) is 5.91 Å². The molecular formula is C15H14N4O. The van der Waals surface area contributed by atoms with E-state index in [1.54, 1.807) is 6.20 Å². The topological polar surface area (TPSA) is 78.7 Å². The molecule has 0 bridgehead atoms. The number of carbonyl (C=O) groups excluding carboxylic acids is 1. The van der Waals surface area contributed by atoms with Crippen molar-refractivity contribution in [3.8, 4) is 6.07 Å². The van der Waals surface area contributed by atoms with Gasteiger partial charge in [-0.05, 0) is 32.1 Å². The zero-order valence-electron chi connectivity index (χ0n) is 11.3. The summed E-state index contributed by atoms with van der Waals surface area (Å²) < 4.78 is 0. The maximum Gasteiger partial charge on any atom is 0.262 e. The van der Waals surface area contributed by atoms with Gasteiger partial charge < -0.3 is 5.32 Å². The molecule has 5 heteroatoms. The predicted molar refractivity (Wildman–Crippen MR) is 76.4 cm³/mol. The average Bonchev–Trinajstić information content (AvgIpc) is 2.43. The molecule has 0 saturated carbocycles. The Kier molecular flexibility index (Phi) is 4.06. The molecule has 0 saturated heterocycles. The van der Waals surface area contributed by atoms with E-state index in [-0.39, 0.29) is 11.6 Å². The minimum Gasteiger partial charge on any atom is -0.349 e. The summed E-state index contributed by atoms with van der Waals surface area (Å²) in [6.07, 6.45) is 2.99. The molecule has 2 aromatic rings. The molecule has 0 fully saturated rings. The molecular weight excluding hydrogens is 252 g/mol. The van der Waals surface area contributed by atoms with Gasteiger partial charge in [0.05, 0.1) is 22.9 Å². The number of fused-ring (bicyclic) bond motifs is 1. The first-order valence-electron chi connectivity index (χ1n) is 6.24. The number of benzene rings is 1. The van der Waals surface area contributed by atoms with Crippen molar-refractivity contribution < 1.29 is 4.79 Å². The zero-order valence-corrected chi connectivity index (χ0v) is 11.3. The fraction of sp³-hybridized carbons (Fsp3) is 0.200. The van der Waals surface area contributed by atoms with Crippen molar-refractivity contribution in [2.24, 2.45) is 0 Å². The lowest BCUT2D eigenvalue weighted by Crippen LogP contribution is -2.30. The van der Waals surface area contributed by atoms with Crippen molar-refractivity contribution in [1.82, 2.24) is 15.3 Å². The van der Waals surface area contributed by atoms with Crippen LogP contribution in [0.5, 0.6) is 0 Å². The molecule has 2 rings (SSSR count). The number of nitrogens with zero attached hydrogens (tertiary/aromatic N) is 3. The predicted octanol–water partition coefficient (Wildman–Crippen LogP) is 2.06. The van der Waals surface area contributed by atoms with Gasteiger partial charge in [0.2, 0.25) is 0 Å². The first kappa shape index (κ1) is 13.7. The molecule has 1 heterocycles. The van der Waals surface area contributed by atoms with E-state index in [9.17, 15) is 4.79 Å². The Hall–Kier alpha value is -2.74. The van der Waals surface area contributed by atoms with Gasteiger partial charge >= 0.3 is 0 Å². The van der Waals surface area contributed by atoms with Crippen LogP contribution in [0, 0.1) is 11.3 Å². The maximum absolute atomic E-state index is 11.8. The van der Waals surface area contributed by atoms with Crippen molar-refractivity contribution in [3.05, 3.63) is 41.7 Å². The highest BCUT2D eigenvalue weighted by molar-refractivity contribution is 6.01. The summed E-state index contributed by atoms with van der Waals surface area (Å²) >= 11 is 0. The van der Waals surface area contributed by atoms with Crippen LogP contribution in [0.1, 0.15) is 19.5 Å². The van der Waals surface area contributed by atoms with E-state index in [4.69, 9.17) is 5.26 Å². The van der Waals surface area contributed by atoms with Crippen LogP contribution in [0.25, 0.3) is 17.1 Å². The first-order valence-corrected chi connectivity index (χ1v) is 6.24. The number of carbonyl (C=O) groups is 1. The largest absolute Gasteiger partial charge is 0.349 e. The Labute approximate surface area is 117 Å². The number of nitrogens with one attached hydrogen (secondary N) is 1. The summed E-state index contributed by atoms with van der Waals surface area (Å²) in [6, 6.07) is 9.29. The van der Waals surface area contributed by atoms with Gasteiger partial charge in [0, 0.05) is 6.04 Å². The van der Waals surface area contributed by atoms with E-state index in [1.165, 1.54) is 6.08 Å². The Morgan fingerprint density at radius 1 is 1.35 bits per heavy atom. The standard InChI is InChI=1S/C15H14N4O/c1-10(2)18-15(20)11(8-16)7-12-9-17-13-5-3-4-6-14(13)19-12/h3-7,9-10H,1-2H3,(H,18,20)/b11-7+. The summed E-state index contributed by atoms with van der Waals surface area (Å²) in [6.45, 7) is 3.67. The quantitative estimate of drug-likeness (QED) is 0.681. The van der Waals surface area contributed by atoms with E-state index in [1.807, 2.05) is 44.2 Å². The van der Waals surface area contributed by atoms with Crippen molar-refractivity contribution in [1.29, 1.82) is 5.26 Å². The third-order valence-electron chi connectivity index (χ3n) is 2.54. The Morgan fingerprint density at radius 2 is 2.05 bits per heavy atom. The van der Waals surface area contributed by atoms with Gasteiger partial charge in [-0.25, -0.2) is 4.98 Å². The molecule has 0 aliphatic rings. The summed E-state index contributed by atoms with van der Waals surface area (Å²) in [4.78, 5) is 20.4. The molecule has 5 nitrogen and oxygen atoms in total. The molecule has 0 aliphatic carbocycles. The fourth-order valence-electron chi connectivity index (χ4n) is 1.68. The second-order valence-corrected chi connectivity index (χ2v) is 4.58. The van der Waals surface area contributed by atoms with Crippen LogP contribution in [0.3, 0.4) is 0 Å². The third kappa shape index (κ3) is 3.18. The SMILES string of the molecule is CC(C)NC(=O)/C(C#N)=C/c1cnc2ccccc2n1. The van der Waals surface area contributed by atoms with Crippen LogP contribution in [0.2, 0.25) is 0 Å². The lowest BCUT2D eigenvalue weighted by molar-refractivity contribution is -0.117. The smallest absolute Gasteiger partial charge is 0.262 e. The Balaban J connectivity index is 2.35. The highest BCUT2D eigenvalue weighted by atomic mass is 16.1. The van der Waals surface area contributed by atoms with Gasteiger partial charge in [0.1, 0.15) is 11.6 Å². The monoisotopic (exact) mass is 266 g/mol. The molecule has 1 aromatic carbocycles. The van der Waals surface area contributed by atoms with Crippen LogP contribution >= 0.6 is 0 Å². The van der Waals surface area contributed by atoms with Crippen LogP contribution in [0.4, 0.5) is 0 Å². The minimum absolute atomic E-state index is 0.0169. The van der Waals surface area contributed by atoms with Gasteiger partial charge in [-0.2, -0.15) is 5.26 Å². The van der Waals surface area contributed by atoms with Gasteiger partial charge in [-0.1, -0.05) is 12.1 Å². The molecule has 0 aliphatic heterocycles. The molecule has 1 aromatic heterocycles. The average molecular weight is 266 g/mol. The number of amides is 1. The second kappa shape index (κ2) is 5.93. The van der Waals surface area contributed by atoms with Crippen LogP contribution in [-0.4, -0.2) is 21.9 Å². The van der Waals surface area contributed by atoms with Gasteiger partial charge in [0.15, 0.2) is 0 Å². The number of rotatable bonds is 3. The van der Waals surface area contributed by atoms with E-state index in [0.29, 0.717) is 5.69 Å². The van der Waals surface area contributed by atoms with E-state index < -0.39 is 5.91 Å². The molecule has 1 amide bonds. The van der Waals surface area contributed by atoms with E-state index >= 15 is 0 Å². The molecule has 100 valence electrons. The fourth-order valence-corrected chi connectivity index (χ4v) is 1.68. The number of aromatic nitrogens is 2. The lowest BCUT2D eigenvalue weighted by atomic mass is 10.2. The third-order valence-corrected chi connectivity index (χ3v) is 2.54. The molecule has 20 heavy (non-hydrogen) atoms. The lowest BCUT2D eigenvalue weighted by Gasteiger charge is -2.06. The molecule has 1 N–H and O–H groups in total. The second-order valence-electron chi connectivity index (χ2n) is 4.58. The highest BCUT2D eigenvalue weighted by Gasteiger charge is 2.10. The van der Waals surface area contributed by atoms with E-state index in [2.05, 4.69) is 15.3 Å². The van der Waals surface area contributed by atoms with Crippen molar-refractivity contribution >= 4 is 23.0 Å². The highest BCUT2D eigenvalue weighted by Crippen LogP contribution is 2.11. The summed E-state index contributed by atoms with van der Waals surface area (Å²) in [5.74, 6) is -0.405. The minimum atomic E-state index is -0.405. The molecule has 0 atom stereocenters. The number of nitriles is 1. The summed E-state index contributed by atoms with van der Waals surface area (Å²) in [5.41, 5.74) is 2.00. The summed E-state index contributed by atoms with van der Waals surface area (Å²) in [5, 5.41) is 11.7.